The lowest BCUT2D eigenvalue weighted by molar-refractivity contribution is 0.115. The number of benzene rings is 2. The average molecular weight is 419 g/mol. The van der Waals surface area contributed by atoms with E-state index in [0.29, 0.717) is 6.54 Å². The molecule has 0 aliphatic carbocycles. The van der Waals surface area contributed by atoms with Crippen molar-refractivity contribution in [3.8, 4) is 5.75 Å². The lowest BCUT2D eigenvalue weighted by Crippen LogP contribution is -2.26. The van der Waals surface area contributed by atoms with Gasteiger partial charge in [-0.1, -0.05) is 28.1 Å². The first-order valence-electron chi connectivity index (χ1n) is 6.30. The Kier molecular flexibility index (Phi) is 6.02. The van der Waals surface area contributed by atoms with Crippen LogP contribution in [-0.2, 0) is 0 Å². The number of hydrogen-bond donors (Lipinski definition) is 2. The quantitative estimate of drug-likeness (QED) is 0.738. The first-order valence-corrected chi connectivity index (χ1v) is 7.89. The maximum absolute atomic E-state index is 13.4. The maximum atomic E-state index is 13.4. The van der Waals surface area contributed by atoms with Gasteiger partial charge in [-0.05, 0) is 46.3 Å². The molecule has 2 N–H and O–H groups in total. The zero-order valence-corrected chi connectivity index (χ0v) is 14.2. The molecular formula is C15H14Br2FNO2. The van der Waals surface area contributed by atoms with E-state index >= 15 is 0 Å². The number of aliphatic hydroxyl groups is 1. The lowest BCUT2D eigenvalue weighted by atomic mass is 10.3. The van der Waals surface area contributed by atoms with Gasteiger partial charge < -0.3 is 15.2 Å². The molecule has 2 aromatic rings. The summed E-state index contributed by atoms with van der Waals surface area (Å²) in [5.74, 6) is -0.299. The van der Waals surface area contributed by atoms with E-state index in [9.17, 15) is 9.50 Å². The number of ether oxygens (including phenoxy) is 1. The third kappa shape index (κ3) is 4.98. The molecule has 2 aromatic carbocycles. The minimum Gasteiger partial charge on any atom is -0.488 e. The fraction of sp³-hybridized carbons (Fsp3) is 0.200. The highest BCUT2D eigenvalue weighted by atomic mass is 79.9. The van der Waals surface area contributed by atoms with Crippen LogP contribution in [0.2, 0.25) is 0 Å². The molecule has 0 aliphatic heterocycles. The SMILES string of the molecule is OC(CNc1cc(Br)ccc1Br)COc1ccccc1F. The van der Waals surface area contributed by atoms with Crippen LogP contribution in [0.25, 0.3) is 0 Å². The van der Waals surface area contributed by atoms with Crippen molar-refractivity contribution in [2.45, 2.75) is 6.10 Å². The number of nitrogens with one attached hydrogen (secondary N) is 1. The molecule has 112 valence electrons. The van der Waals surface area contributed by atoms with Crippen molar-refractivity contribution in [2.24, 2.45) is 0 Å². The van der Waals surface area contributed by atoms with Gasteiger partial charge in [0.1, 0.15) is 12.7 Å². The highest BCUT2D eigenvalue weighted by Crippen LogP contribution is 2.26. The van der Waals surface area contributed by atoms with Crippen LogP contribution in [0.4, 0.5) is 10.1 Å². The van der Waals surface area contributed by atoms with Gasteiger partial charge in [-0.2, -0.15) is 0 Å². The van der Waals surface area contributed by atoms with Gasteiger partial charge in [-0.3, -0.25) is 0 Å². The van der Waals surface area contributed by atoms with Gasteiger partial charge in [0, 0.05) is 21.2 Å². The average Bonchev–Trinajstić information content (AvgIpc) is 2.47. The van der Waals surface area contributed by atoms with E-state index in [1.54, 1.807) is 12.1 Å². The van der Waals surface area contributed by atoms with Gasteiger partial charge in [0.25, 0.3) is 0 Å². The highest BCUT2D eigenvalue weighted by molar-refractivity contribution is 9.11. The van der Waals surface area contributed by atoms with Crippen molar-refractivity contribution in [2.75, 3.05) is 18.5 Å². The second-order valence-corrected chi connectivity index (χ2v) is 6.17. The van der Waals surface area contributed by atoms with E-state index in [1.807, 2.05) is 18.2 Å². The van der Waals surface area contributed by atoms with Gasteiger partial charge in [-0.15, -0.1) is 0 Å². The molecule has 0 saturated heterocycles. The summed E-state index contributed by atoms with van der Waals surface area (Å²) < 4.78 is 20.4. The zero-order valence-electron chi connectivity index (χ0n) is 11.0. The molecule has 0 aromatic heterocycles. The predicted molar refractivity (Wildman–Crippen MR) is 88.2 cm³/mol. The largest absolute Gasteiger partial charge is 0.488 e. The highest BCUT2D eigenvalue weighted by Gasteiger charge is 2.09. The number of para-hydroxylation sites is 1. The van der Waals surface area contributed by atoms with Crippen molar-refractivity contribution in [1.29, 1.82) is 0 Å². The van der Waals surface area contributed by atoms with E-state index in [1.165, 1.54) is 12.1 Å². The predicted octanol–water partition coefficient (Wildman–Crippen LogP) is 4.20. The Morgan fingerprint density at radius 1 is 1.19 bits per heavy atom. The summed E-state index contributed by atoms with van der Waals surface area (Å²) in [6.45, 7) is 0.309. The zero-order chi connectivity index (χ0) is 15.2. The van der Waals surface area contributed by atoms with Crippen LogP contribution < -0.4 is 10.1 Å². The fourth-order valence-electron chi connectivity index (χ4n) is 1.67. The Bertz CT molecular complexity index is 610. The number of aliphatic hydroxyl groups excluding tert-OH is 1. The maximum Gasteiger partial charge on any atom is 0.165 e. The van der Waals surface area contributed by atoms with Crippen LogP contribution in [0.3, 0.4) is 0 Å². The molecule has 0 saturated carbocycles. The minimum absolute atomic E-state index is 0.0134. The van der Waals surface area contributed by atoms with Gasteiger partial charge in [-0.25, -0.2) is 4.39 Å². The van der Waals surface area contributed by atoms with Crippen LogP contribution in [0.1, 0.15) is 0 Å². The van der Waals surface area contributed by atoms with Gasteiger partial charge >= 0.3 is 0 Å². The summed E-state index contributed by atoms with van der Waals surface area (Å²) in [7, 11) is 0. The Hall–Kier alpha value is -1.11. The van der Waals surface area contributed by atoms with Crippen LogP contribution >= 0.6 is 31.9 Å². The summed E-state index contributed by atoms with van der Waals surface area (Å²) in [6.07, 6.45) is -0.754. The summed E-state index contributed by atoms with van der Waals surface area (Å²) in [5.41, 5.74) is 0.856. The number of anilines is 1. The molecule has 0 spiro atoms. The Balaban J connectivity index is 1.84. The van der Waals surface area contributed by atoms with Crippen molar-refractivity contribution in [1.82, 2.24) is 0 Å². The topological polar surface area (TPSA) is 41.5 Å². The van der Waals surface area contributed by atoms with Crippen LogP contribution in [0.5, 0.6) is 5.75 Å². The molecule has 6 heteroatoms. The molecule has 0 radical (unpaired) electrons. The third-order valence-electron chi connectivity index (χ3n) is 2.72. The number of halogens is 3. The normalized spacial score (nSPS) is 12.0. The second-order valence-electron chi connectivity index (χ2n) is 4.40. The van der Waals surface area contributed by atoms with Crippen LogP contribution in [0, 0.1) is 5.82 Å². The van der Waals surface area contributed by atoms with E-state index in [0.717, 1.165) is 14.6 Å². The fourth-order valence-corrected chi connectivity index (χ4v) is 2.42. The molecule has 0 bridgehead atoms. The van der Waals surface area contributed by atoms with Crippen molar-refractivity contribution in [3.63, 3.8) is 0 Å². The monoisotopic (exact) mass is 417 g/mol. The third-order valence-corrected chi connectivity index (χ3v) is 3.91. The Morgan fingerprint density at radius 3 is 2.71 bits per heavy atom. The van der Waals surface area contributed by atoms with Crippen molar-refractivity contribution < 1.29 is 14.2 Å². The smallest absolute Gasteiger partial charge is 0.165 e. The molecule has 0 amide bonds. The van der Waals surface area contributed by atoms with Crippen molar-refractivity contribution >= 4 is 37.5 Å². The minimum atomic E-state index is -0.754. The van der Waals surface area contributed by atoms with Crippen LogP contribution in [-0.4, -0.2) is 24.4 Å². The second kappa shape index (κ2) is 7.77. The molecule has 0 fully saturated rings. The van der Waals surface area contributed by atoms with E-state index in [-0.39, 0.29) is 12.4 Å². The lowest BCUT2D eigenvalue weighted by Gasteiger charge is -2.15. The molecule has 0 aliphatic rings. The molecule has 2 rings (SSSR count). The summed E-state index contributed by atoms with van der Waals surface area (Å²) >= 11 is 6.80. The number of hydrogen-bond acceptors (Lipinski definition) is 3. The van der Waals surface area contributed by atoms with E-state index < -0.39 is 11.9 Å². The van der Waals surface area contributed by atoms with E-state index in [4.69, 9.17) is 4.74 Å². The molecule has 21 heavy (non-hydrogen) atoms. The first kappa shape index (κ1) is 16.3. The molecule has 3 nitrogen and oxygen atoms in total. The first-order chi connectivity index (χ1) is 10.1. The van der Waals surface area contributed by atoms with Gasteiger partial charge in [0.05, 0.1) is 0 Å². The molecule has 1 unspecified atom stereocenters. The molecule has 1 atom stereocenters. The van der Waals surface area contributed by atoms with Gasteiger partial charge in [0.15, 0.2) is 11.6 Å². The van der Waals surface area contributed by atoms with E-state index in [2.05, 4.69) is 37.2 Å². The molecular weight excluding hydrogens is 405 g/mol. The van der Waals surface area contributed by atoms with Crippen molar-refractivity contribution in [3.05, 3.63) is 57.2 Å². The summed E-state index contributed by atoms with van der Waals surface area (Å²) in [5, 5.41) is 13.0. The summed E-state index contributed by atoms with van der Waals surface area (Å²) in [6, 6.07) is 11.8. The Labute approximate surface area is 139 Å². The van der Waals surface area contributed by atoms with Crippen LogP contribution in [0.15, 0.2) is 51.4 Å². The number of rotatable bonds is 6. The standard InChI is InChI=1S/C15H14Br2FNO2/c16-10-5-6-12(17)14(7-10)19-8-11(20)9-21-15-4-2-1-3-13(15)18/h1-7,11,19-20H,8-9H2. The van der Waals surface area contributed by atoms with Gasteiger partial charge in [0.2, 0.25) is 0 Å². The molecule has 0 heterocycles. The Morgan fingerprint density at radius 2 is 1.95 bits per heavy atom. The summed E-state index contributed by atoms with van der Waals surface area (Å²) in [4.78, 5) is 0.